The van der Waals surface area contributed by atoms with Crippen molar-refractivity contribution in [2.24, 2.45) is 15.9 Å². The zero-order chi connectivity index (χ0) is 12.7. The van der Waals surface area contributed by atoms with E-state index in [4.69, 9.17) is 5.73 Å². The smallest absolute Gasteiger partial charge is 0.184 e. The van der Waals surface area contributed by atoms with Crippen LogP contribution in [0.1, 0.15) is 13.8 Å². The van der Waals surface area contributed by atoms with E-state index in [1.54, 1.807) is 0 Å². The highest BCUT2D eigenvalue weighted by atomic mass is 32.1. The summed E-state index contributed by atoms with van der Waals surface area (Å²) < 4.78 is 0. The highest BCUT2D eigenvalue weighted by Gasteiger charge is 1.97. The molecule has 5 nitrogen and oxygen atoms in total. The van der Waals surface area contributed by atoms with Crippen LogP contribution in [0.25, 0.3) is 0 Å². The van der Waals surface area contributed by atoms with Crippen LogP contribution in [-0.2, 0) is 0 Å². The van der Waals surface area contributed by atoms with Crippen molar-refractivity contribution in [3.05, 3.63) is 30.3 Å². The van der Waals surface area contributed by atoms with Gasteiger partial charge in [-0.15, -0.1) is 0 Å². The van der Waals surface area contributed by atoms with Gasteiger partial charge in [0.25, 0.3) is 0 Å². The Morgan fingerprint density at radius 2 is 1.71 bits per heavy atom. The first-order chi connectivity index (χ1) is 8.09. The molecule has 0 aliphatic carbocycles. The van der Waals surface area contributed by atoms with E-state index in [1.807, 2.05) is 44.2 Å². The van der Waals surface area contributed by atoms with Crippen LogP contribution < -0.4 is 16.6 Å². The molecule has 90 valence electrons. The summed E-state index contributed by atoms with van der Waals surface area (Å²) in [6.45, 7) is 3.66. The van der Waals surface area contributed by atoms with Gasteiger partial charge in [-0.25, -0.2) is 0 Å². The minimum Gasteiger partial charge on any atom is -0.375 e. The number of rotatable bonds is 4. The van der Waals surface area contributed by atoms with Gasteiger partial charge < -0.3 is 5.73 Å². The Bertz CT molecular complexity index is 438. The van der Waals surface area contributed by atoms with Gasteiger partial charge in [-0.05, 0) is 38.2 Å². The van der Waals surface area contributed by atoms with Crippen molar-refractivity contribution in [2.75, 3.05) is 5.43 Å². The zero-order valence-electron chi connectivity index (χ0n) is 9.77. The van der Waals surface area contributed by atoms with E-state index in [1.165, 1.54) is 0 Å². The summed E-state index contributed by atoms with van der Waals surface area (Å²) in [5, 5.41) is 8.28. The molecule has 0 amide bonds. The molecule has 0 aliphatic heterocycles. The minimum atomic E-state index is 0.133. The molecular weight excluding hydrogens is 234 g/mol. The summed E-state index contributed by atoms with van der Waals surface area (Å²) in [7, 11) is 0. The molecule has 0 unspecified atom stereocenters. The lowest BCUT2D eigenvalue weighted by Crippen LogP contribution is -2.26. The molecule has 0 radical (unpaired) electrons. The molecule has 0 heterocycles. The number of nitrogens with two attached hydrogens (primary N) is 1. The molecule has 0 aromatic heterocycles. The average Bonchev–Trinajstić information content (AvgIpc) is 2.34. The van der Waals surface area contributed by atoms with Crippen LogP contribution in [0.4, 0.5) is 5.69 Å². The molecule has 4 N–H and O–H groups in total. The van der Waals surface area contributed by atoms with Crippen LogP contribution in [0, 0.1) is 0 Å². The lowest BCUT2D eigenvalue weighted by molar-refractivity contribution is 1.03. The molecule has 1 aromatic carbocycles. The average molecular weight is 249 g/mol. The van der Waals surface area contributed by atoms with Gasteiger partial charge in [-0.1, -0.05) is 18.2 Å². The Hall–Kier alpha value is -1.95. The third-order valence-electron chi connectivity index (χ3n) is 1.98. The topological polar surface area (TPSA) is 74.8 Å². The second-order valence-electron chi connectivity index (χ2n) is 3.35. The van der Waals surface area contributed by atoms with Crippen molar-refractivity contribution in [1.82, 2.24) is 5.43 Å². The van der Waals surface area contributed by atoms with Crippen molar-refractivity contribution >= 4 is 34.4 Å². The predicted octanol–water partition coefficient (Wildman–Crippen LogP) is 1.68. The van der Waals surface area contributed by atoms with Crippen molar-refractivity contribution < 1.29 is 0 Å². The van der Waals surface area contributed by atoms with Gasteiger partial charge in [0.2, 0.25) is 0 Å². The van der Waals surface area contributed by atoms with Gasteiger partial charge in [0.15, 0.2) is 5.11 Å². The van der Waals surface area contributed by atoms with Crippen molar-refractivity contribution in [2.45, 2.75) is 13.8 Å². The Balaban J connectivity index is 2.60. The fraction of sp³-hybridized carbons (Fsp3) is 0.182. The van der Waals surface area contributed by atoms with E-state index in [-0.39, 0.29) is 5.11 Å². The molecule has 0 saturated heterocycles. The number of nitrogens with one attached hydrogen (secondary N) is 2. The second-order valence-corrected chi connectivity index (χ2v) is 3.79. The molecule has 0 aliphatic rings. The summed E-state index contributed by atoms with van der Waals surface area (Å²) >= 11 is 4.65. The lowest BCUT2D eigenvalue weighted by atomic mass is 10.3. The summed E-state index contributed by atoms with van der Waals surface area (Å²) in [6, 6.07) is 9.67. The molecule has 6 heteroatoms. The van der Waals surface area contributed by atoms with Crippen molar-refractivity contribution in [3.63, 3.8) is 0 Å². The first-order valence-electron chi connectivity index (χ1n) is 5.05. The largest absolute Gasteiger partial charge is 0.375 e. The first kappa shape index (κ1) is 13.1. The summed E-state index contributed by atoms with van der Waals surface area (Å²) in [4.78, 5) is 0. The molecule has 0 saturated carbocycles. The number of thiocarbonyl (C=S) groups is 1. The Morgan fingerprint density at radius 1 is 1.12 bits per heavy atom. The Kier molecular flexibility index (Phi) is 5.09. The monoisotopic (exact) mass is 249 g/mol. The third-order valence-corrected chi connectivity index (χ3v) is 2.08. The van der Waals surface area contributed by atoms with Crippen LogP contribution >= 0.6 is 12.2 Å². The number of nitrogens with zero attached hydrogens (tertiary/aromatic N) is 2. The Morgan fingerprint density at radius 3 is 2.29 bits per heavy atom. The van der Waals surface area contributed by atoms with Gasteiger partial charge in [0, 0.05) is 0 Å². The maximum atomic E-state index is 5.26. The van der Waals surface area contributed by atoms with Crippen LogP contribution in [0.15, 0.2) is 40.5 Å². The molecule has 0 bridgehead atoms. The fourth-order valence-electron chi connectivity index (χ4n) is 0.962. The number of anilines is 1. The molecule has 17 heavy (non-hydrogen) atoms. The van der Waals surface area contributed by atoms with Crippen LogP contribution in [-0.4, -0.2) is 16.5 Å². The van der Waals surface area contributed by atoms with E-state index >= 15 is 0 Å². The molecular formula is C11H15N5S. The van der Waals surface area contributed by atoms with E-state index < -0.39 is 0 Å². The number of hydrogen-bond acceptors (Lipinski definition) is 4. The highest BCUT2D eigenvalue weighted by molar-refractivity contribution is 7.80. The predicted molar refractivity (Wildman–Crippen MR) is 76.2 cm³/mol. The Labute approximate surface area is 106 Å². The number of hydrogen-bond donors (Lipinski definition) is 3. The fourth-order valence-corrected chi connectivity index (χ4v) is 1.01. The quantitative estimate of drug-likeness (QED) is 0.431. The molecule has 0 atom stereocenters. The SMILES string of the molecule is CC(=N\NC(N)=S)/C(C)=N/Nc1ccccc1. The maximum Gasteiger partial charge on any atom is 0.184 e. The van der Waals surface area contributed by atoms with Gasteiger partial charge >= 0.3 is 0 Å². The highest BCUT2D eigenvalue weighted by Crippen LogP contribution is 2.04. The normalized spacial score (nSPS) is 12.1. The minimum absolute atomic E-state index is 0.133. The van der Waals surface area contributed by atoms with E-state index in [0.29, 0.717) is 5.71 Å². The summed E-state index contributed by atoms with van der Waals surface area (Å²) in [5.74, 6) is 0. The third kappa shape index (κ3) is 5.07. The van der Waals surface area contributed by atoms with Gasteiger partial charge in [-0.3, -0.25) is 10.9 Å². The molecule has 1 aromatic rings. The lowest BCUT2D eigenvalue weighted by Gasteiger charge is -2.03. The number of para-hydroxylation sites is 1. The summed E-state index contributed by atoms with van der Waals surface area (Å²) in [6.07, 6.45) is 0. The van der Waals surface area contributed by atoms with Crippen molar-refractivity contribution in [3.8, 4) is 0 Å². The molecule has 0 spiro atoms. The van der Waals surface area contributed by atoms with Crippen molar-refractivity contribution in [1.29, 1.82) is 0 Å². The first-order valence-corrected chi connectivity index (χ1v) is 5.46. The van der Waals surface area contributed by atoms with E-state index in [9.17, 15) is 0 Å². The van der Waals surface area contributed by atoms with E-state index in [0.717, 1.165) is 11.4 Å². The summed E-state index contributed by atoms with van der Waals surface area (Å²) in [5.41, 5.74) is 13.1. The zero-order valence-corrected chi connectivity index (χ0v) is 10.6. The molecule has 0 fully saturated rings. The van der Waals surface area contributed by atoms with Gasteiger partial charge in [0.1, 0.15) is 0 Å². The number of benzene rings is 1. The van der Waals surface area contributed by atoms with Gasteiger partial charge in [-0.2, -0.15) is 10.2 Å². The van der Waals surface area contributed by atoms with Crippen LogP contribution in [0.3, 0.4) is 0 Å². The van der Waals surface area contributed by atoms with E-state index in [2.05, 4.69) is 33.3 Å². The number of hydrazone groups is 2. The molecule has 1 rings (SSSR count). The second kappa shape index (κ2) is 6.59. The van der Waals surface area contributed by atoms with Crippen LogP contribution in [0.5, 0.6) is 0 Å². The van der Waals surface area contributed by atoms with Gasteiger partial charge in [0.05, 0.1) is 17.1 Å². The maximum absolute atomic E-state index is 5.26. The standard InChI is InChI=1S/C11H15N5S/c1-8(9(2)14-16-11(12)17)13-15-10-6-4-3-5-7-10/h3-7,15H,1-2H3,(H3,12,16,17)/b13-8+,14-9+. The van der Waals surface area contributed by atoms with Crippen LogP contribution in [0.2, 0.25) is 0 Å².